The molecular weight excluding hydrogens is 282 g/mol. The van der Waals surface area contributed by atoms with E-state index in [2.05, 4.69) is 37.4 Å². The van der Waals surface area contributed by atoms with Crippen LogP contribution in [-0.4, -0.2) is 32.6 Å². The number of imidazole rings is 1. The molecule has 1 saturated heterocycles. The molecule has 0 saturated carbocycles. The minimum Gasteiger partial charge on any atom is -0.355 e. The maximum Gasteiger partial charge on any atom is 0.165 e. The molecule has 3 aromatic heterocycles. The van der Waals surface area contributed by atoms with Crippen LogP contribution in [0.2, 0.25) is 0 Å². The Morgan fingerprint density at radius 2 is 2.05 bits per heavy atom. The van der Waals surface area contributed by atoms with Crippen molar-refractivity contribution in [2.24, 2.45) is 7.05 Å². The van der Waals surface area contributed by atoms with Crippen molar-refractivity contribution in [2.75, 3.05) is 18.0 Å². The van der Waals surface area contributed by atoms with Gasteiger partial charge in [0.2, 0.25) is 0 Å². The number of hydrogen-bond acceptors (Lipinski definition) is 5. The highest BCUT2D eigenvalue weighted by Crippen LogP contribution is 2.33. The van der Waals surface area contributed by atoms with Crippen LogP contribution in [0.3, 0.4) is 0 Å². The summed E-state index contributed by atoms with van der Waals surface area (Å²) in [6, 6.07) is 4.40. The van der Waals surface area contributed by atoms with Gasteiger partial charge in [0.1, 0.15) is 6.33 Å². The molecule has 0 spiro atoms. The van der Waals surface area contributed by atoms with Gasteiger partial charge in [-0.05, 0) is 30.2 Å². The third kappa shape index (κ3) is 2.19. The lowest BCUT2D eigenvalue weighted by atomic mass is 9.95. The predicted molar refractivity (Wildman–Crippen MR) is 84.8 cm³/mol. The SMILES string of the molecule is Cn1cnc2c(N3CCC(c4cccs4)CC3)ncnc21. The van der Waals surface area contributed by atoms with Crippen LogP contribution >= 0.6 is 11.3 Å². The third-order valence-corrected chi connectivity index (χ3v) is 5.25. The van der Waals surface area contributed by atoms with E-state index >= 15 is 0 Å². The summed E-state index contributed by atoms with van der Waals surface area (Å²) in [5, 5.41) is 2.17. The highest BCUT2D eigenvalue weighted by Gasteiger charge is 2.24. The summed E-state index contributed by atoms with van der Waals surface area (Å²) in [5.74, 6) is 1.67. The van der Waals surface area contributed by atoms with Crippen LogP contribution in [0.15, 0.2) is 30.2 Å². The molecule has 6 heteroatoms. The minimum absolute atomic E-state index is 0.697. The average Bonchev–Trinajstić information content (AvgIpc) is 3.18. The number of rotatable bonds is 2. The van der Waals surface area contributed by atoms with Crippen LogP contribution in [0.4, 0.5) is 5.82 Å². The van der Waals surface area contributed by atoms with Crippen LogP contribution in [0.25, 0.3) is 11.2 Å². The highest BCUT2D eigenvalue weighted by atomic mass is 32.1. The zero-order valence-electron chi connectivity index (χ0n) is 11.9. The number of aryl methyl sites for hydroxylation is 1. The van der Waals surface area contributed by atoms with Crippen LogP contribution < -0.4 is 4.90 Å². The lowest BCUT2D eigenvalue weighted by Crippen LogP contribution is -2.33. The third-order valence-electron chi connectivity index (χ3n) is 4.22. The Labute approximate surface area is 127 Å². The van der Waals surface area contributed by atoms with Crippen molar-refractivity contribution >= 4 is 28.3 Å². The van der Waals surface area contributed by atoms with Gasteiger partial charge in [0.25, 0.3) is 0 Å². The molecule has 21 heavy (non-hydrogen) atoms. The Hall–Kier alpha value is -1.95. The topological polar surface area (TPSA) is 46.8 Å². The van der Waals surface area contributed by atoms with Gasteiger partial charge < -0.3 is 9.47 Å². The average molecular weight is 299 g/mol. The first kappa shape index (κ1) is 12.8. The quantitative estimate of drug-likeness (QED) is 0.730. The molecule has 5 nitrogen and oxygen atoms in total. The first-order valence-electron chi connectivity index (χ1n) is 7.23. The zero-order valence-corrected chi connectivity index (χ0v) is 12.8. The van der Waals surface area contributed by atoms with E-state index < -0.39 is 0 Å². The molecule has 4 heterocycles. The fourth-order valence-corrected chi connectivity index (χ4v) is 3.96. The largest absolute Gasteiger partial charge is 0.355 e. The van der Waals surface area contributed by atoms with Crippen molar-refractivity contribution in [3.63, 3.8) is 0 Å². The molecule has 0 bridgehead atoms. The second-order valence-corrected chi connectivity index (χ2v) is 6.48. The van der Waals surface area contributed by atoms with Crippen LogP contribution in [-0.2, 0) is 7.05 Å². The Balaban J connectivity index is 1.58. The van der Waals surface area contributed by atoms with Gasteiger partial charge in [0, 0.05) is 25.0 Å². The van der Waals surface area contributed by atoms with Crippen molar-refractivity contribution < 1.29 is 0 Å². The lowest BCUT2D eigenvalue weighted by molar-refractivity contribution is 0.509. The molecular formula is C15H17N5S. The highest BCUT2D eigenvalue weighted by molar-refractivity contribution is 7.10. The summed E-state index contributed by atoms with van der Waals surface area (Å²) < 4.78 is 1.94. The second-order valence-electron chi connectivity index (χ2n) is 5.50. The van der Waals surface area contributed by atoms with Gasteiger partial charge in [-0.3, -0.25) is 0 Å². The van der Waals surface area contributed by atoms with Gasteiger partial charge in [-0.2, -0.15) is 0 Å². The normalized spacial score (nSPS) is 16.7. The Bertz CT molecular complexity index is 741. The standard InChI is InChI=1S/C15H17N5S/c1-19-10-18-13-14(19)16-9-17-15(13)20-6-4-11(5-7-20)12-3-2-8-21-12/h2-3,8-11H,4-7H2,1H3. The van der Waals surface area contributed by atoms with Gasteiger partial charge in [-0.15, -0.1) is 11.3 Å². The monoisotopic (exact) mass is 299 g/mol. The molecule has 0 amide bonds. The Morgan fingerprint density at radius 3 is 2.81 bits per heavy atom. The van der Waals surface area contributed by atoms with Crippen LogP contribution in [0.5, 0.6) is 0 Å². The van der Waals surface area contributed by atoms with Gasteiger partial charge in [0.05, 0.1) is 6.33 Å². The van der Waals surface area contributed by atoms with Crippen molar-refractivity contribution in [1.82, 2.24) is 19.5 Å². The first-order chi connectivity index (χ1) is 10.3. The molecule has 0 atom stereocenters. The molecule has 4 rings (SSSR count). The molecule has 3 aromatic rings. The fourth-order valence-electron chi connectivity index (χ4n) is 3.06. The van der Waals surface area contributed by atoms with E-state index in [4.69, 9.17) is 0 Å². The van der Waals surface area contributed by atoms with Gasteiger partial charge >= 0.3 is 0 Å². The van der Waals surface area contributed by atoms with E-state index in [1.54, 1.807) is 12.7 Å². The summed E-state index contributed by atoms with van der Waals surface area (Å²) in [4.78, 5) is 17.1. The summed E-state index contributed by atoms with van der Waals surface area (Å²) >= 11 is 1.87. The molecule has 0 radical (unpaired) electrons. The summed E-state index contributed by atoms with van der Waals surface area (Å²) in [6.07, 6.45) is 5.81. The molecule has 1 aliphatic heterocycles. The molecule has 0 unspecified atom stereocenters. The smallest absolute Gasteiger partial charge is 0.165 e. The second kappa shape index (κ2) is 5.11. The Kier molecular flexibility index (Phi) is 3.11. The Morgan fingerprint density at radius 1 is 1.19 bits per heavy atom. The number of piperidine rings is 1. The molecule has 108 valence electrons. The van der Waals surface area contributed by atoms with Crippen molar-refractivity contribution in [1.29, 1.82) is 0 Å². The summed E-state index contributed by atoms with van der Waals surface area (Å²) in [5.41, 5.74) is 1.81. The van der Waals surface area contributed by atoms with Crippen LogP contribution in [0, 0.1) is 0 Å². The lowest BCUT2D eigenvalue weighted by Gasteiger charge is -2.32. The maximum absolute atomic E-state index is 4.47. The number of hydrogen-bond donors (Lipinski definition) is 0. The predicted octanol–water partition coefficient (Wildman–Crippen LogP) is 2.81. The number of thiophene rings is 1. The molecule has 1 fully saturated rings. The van der Waals surface area contributed by atoms with Crippen LogP contribution in [0.1, 0.15) is 23.6 Å². The van der Waals surface area contributed by atoms with Crippen molar-refractivity contribution in [3.8, 4) is 0 Å². The van der Waals surface area contributed by atoms with E-state index in [1.165, 1.54) is 17.7 Å². The molecule has 0 aromatic carbocycles. The van der Waals surface area contributed by atoms with E-state index in [0.29, 0.717) is 5.92 Å². The first-order valence-corrected chi connectivity index (χ1v) is 8.11. The molecule has 0 aliphatic carbocycles. The van der Waals surface area contributed by atoms with Crippen molar-refractivity contribution in [2.45, 2.75) is 18.8 Å². The van der Waals surface area contributed by atoms with Crippen molar-refractivity contribution in [3.05, 3.63) is 35.0 Å². The minimum atomic E-state index is 0.697. The maximum atomic E-state index is 4.47. The van der Waals surface area contributed by atoms with Gasteiger partial charge in [0.15, 0.2) is 17.0 Å². The van der Waals surface area contributed by atoms with E-state index in [1.807, 2.05) is 23.0 Å². The van der Waals surface area contributed by atoms with E-state index in [0.717, 1.165) is 30.1 Å². The number of nitrogens with zero attached hydrogens (tertiary/aromatic N) is 5. The fraction of sp³-hybridized carbons (Fsp3) is 0.400. The number of aromatic nitrogens is 4. The molecule has 0 N–H and O–H groups in total. The zero-order chi connectivity index (χ0) is 14.2. The van der Waals surface area contributed by atoms with Gasteiger partial charge in [-0.1, -0.05) is 6.07 Å². The van der Waals surface area contributed by atoms with Gasteiger partial charge in [-0.25, -0.2) is 15.0 Å². The summed E-state index contributed by atoms with van der Waals surface area (Å²) in [6.45, 7) is 2.07. The van der Waals surface area contributed by atoms with E-state index in [-0.39, 0.29) is 0 Å². The number of anilines is 1. The summed E-state index contributed by atoms with van der Waals surface area (Å²) in [7, 11) is 1.97. The molecule has 1 aliphatic rings. The van der Waals surface area contributed by atoms with E-state index in [9.17, 15) is 0 Å². The number of fused-ring (bicyclic) bond motifs is 1.